The van der Waals surface area contributed by atoms with E-state index in [1.807, 2.05) is 0 Å². The van der Waals surface area contributed by atoms with Gasteiger partial charge in [-0.05, 0) is 33.6 Å². The van der Waals surface area contributed by atoms with E-state index in [1.165, 1.54) is 0 Å². The second-order valence-corrected chi connectivity index (χ2v) is 6.15. The summed E-state index contributed by atoms with van der Waals surface area (Å²) >= 11 is 4.94. The summed E-state index contributed by atoms with van der Waals surface area (Å²) in [5, 5.41) is 0. The van der Waals surface area contributed by atoms with Crippen molar-refractivity contribution in [3.63, 3.8) is 0 Å². The van der Waals surface area contributed by atoms with Crippen LogP contribution in [0.1, 0.15) is 33.6 Å². The molecule has 9 heteroatoms. The van der Waals surface area contributed by atoms with E-state index in [-0.39, 0.29) is 13.0 Å². The maximum absolute atomic E-state index is 13.2. The number of alkyl halides is 3. The molecule has 21 heavy (non-hydrogen) atoms. The lowest BCUT2D eigenvalue weighted by atomic mass is 9.92. The molecule has 0 aromatic carbocycles. The highest BCUT2D eigenvalue weighted by Crippen LogP contribution is 2.41. The Hall–Kier alpha value is -1.18. The maximum Gasteiger partial charge on any atom is 0.430 e. The Balaban J connectivity index is 2.94. The monoisotopic (exact) mass is 331 g/mol. The third-order valence-corrected chi connectivity index (χ3v) is 2.98. The van der Waals surface area contributed by atoms with Gasteiger partial charge in [-0.15, -0.1) is 0 Å². The fraction of sp³-hybridized carbons (Fsp3) is 0.833. The molecule has 0 bridgehead atoms. The minimum atomic E-state index is -4.84. The van der Waals surface area contributed by atoms with Crippen LogP contribution in [0, 0.1) is 0 Å². The first kappa shape index (κ1) is 17.9. The summed E-state index contributed by atoms with van der Waals surface area (Å²) in [6.07, 6.45) is -6.16. The second-order valence-electron chi connectivity index (χ2n) is 5.84. The van der Waals surface area contributed by atoms with Gasteiger partial charge in [0.2, 0.25) is 5.60 Å². The Morgan fingerprint density at radius 3 is 2.24 bits per heavy atom. The molecular formula is C12H17ClF3NO4. The number of halogens is 4. The molecule has 1 atom stereocenters. The van der Waals surface area contributed by atoms with Gasteiger partial charge in [0.25, 0.3) is 0 Å². The zero-order valence-corrected chi connectivity index (χ0v) is 12.7. The number of hydrogen-bond donors (Lipinski definition) is 0. The number of hydrogen-bond acceptors (Lipinski definition) is 4. The summed E-state index contributed by atoms with van der Waals surface area (Å²) < 4.78 is 49.0. The van der Waals surface area contributed by atoms with Crippen LogP contribution in [0.25, 0.3) is 0 Å². The normalized spacial score (nSPS) is 23.7. The molecule has 0 saturated carbocycles. The standard InChI is InChI=1S/C12H17ClF3NO4/c1-10(2,3)21-9(19)17-6-4-5-11(7-17,12(14,15)16)20-8(13)18/h4-7H2,1-3H3. The SMILES string of the molecule is CC(C)(C)OC(=O)N1CCCC(OC(=O)Cl)(C(F)(F)F)C1. The minimum Gasteiger partial charge on any atom is -0.444 e. The number of amides is 1. The predicted octanol–water partition coefficient (Wildman–Crippen LogP) is 3.69. The average Bonchev–Trinajstić information content (AvgIpc) is 2.24. The summed E-state index contributed by atoms with van der Waals surface area (Å²) in [6.45, 7) is 4.07. The van der Waals surface area contributed by atoms with Gasteiger partial charge >= 0.3 is 17.7 Å². The number of piperidine rings is 1. The van der Waals surface area contributed by atoms with Crippen molar-refractivity contribution in [2.45, 2.75) is 51.0 Å². The Bertz CT molecular complexity index is 422. The molecular weight excluding hydrogens is 315 g/mol. The quantitative estimate of drug-likeness (QED) is 0.688. The highest BCUT2D eigenvalue weighted by molar-refractivity contribution is 6.61. The summed E-state index contributed by atoms with van der Waals surface area (Å²) in [4.78, 5) is 23.5. The van der Waals surface area contributed by atoms with Crippen molar-refractivity contribution < 1.29 is 32.2 Å². The molecule has 1 heterocycles. The Morgan fingerprint density at radius 2 is 1.81 bits per heavy atom. The van der Waals surface area contributed by atoms with E-state index in [9.17, 15) is 22.8 Å². The lowest BCUT2D eigenvalue weighted by molar-refractivity contribution is -0.268. The number of likely N-dealkylation sites (tertiary alicyclic amines) is 1. The molecule has 1 amide bonds. The first-order chi connectivity index (χ1) is 9.36. The van der Waals surface area contributed by atoms with E-state index in [1.54, 1.807) is 20.8 Å². The van der Waals surface area contributed by atoms with Crippen molar-refractivity contribution in [2.75, 3.05) is 13.1 Å². The molecule has 1 saturated heterocycles. The third-order valence-electron chi connectivity index (χ3n) is 2.90. The molecule has 0 aliphatic carbocycles. The number of rotatable bonds is 1. The summed E-state index contributed by atoms with van der Waals surface area (Å²) in [5.41, 5.74) is -5.18. The van der Waals surface area contributed by atoms with Crippen LogP contribution in [0.3, 0.4) is 0 Å². The molecule has 1 rings (SSSR count). The molecule has 0 spiro atoms. The lowest BCUT2D eigenvalue weighted by Crippen LogP contribution is -2.60. The number of carbonyl (C=O) groups excluding carboxylic acids is 2. The first-order valence-corrected chi connectivity index (χ1v) is 6.67. The van der Waals surface area contributed by atoms with Crippen LogP contribution in [-0.2, 0) is 9.47 Å². The van der Waals surface area contributed by atoms with Crippen molar-refractivity contribution in [1.82, 2.24) is 4.90 Å². The van der Waals surface area contributed by atoms with Gasteiger partial charge in [-0.25, -0.2) is 9.59 Å². The molecule has 122 valence electrons. The predicted molar refractivity (Wildman–Crippen MR) is 68.2 cm³/mol. The average molecular weight is 332 g/mol. The summed E-state index contributed by atoms with van der Waals surface area (Å²) in [7, 11) is 0. The second kappa shape index (κ2) is 5.90. The smallest absolute Gasteiger partial charge is 0.430 e. The van der Waals surface area contributed by atoms with Crippen LogP contribution in [-0.4, -0.2) is 46.9 Å². The van der Waals surface area contributed by atoms with Crippen molar-refractivity contribution in [2.24, 2.45) is 0 Å². The van der Waals surface area contributed by atoms with E-state index in [4.69, 9.17) is 16.3 Å². The van der Waals surface area contributed by atoms with E-state index in [0.29, 0.717) is 0 Å². The van der Waals surface area contributed by atoms with Crippen LogP contribution < -0.4 is 0 Å². The number of ether oxygens (including phenoxy) is 2. The van der Waals surface area contributed by atoms with Gasteiger partial charge in [0.15, 0.2) is 0 Å². The number of nitrogens with zero attached hydrogens (tertiary/aromatic N) is 1. The van der Waals surface area contributed by atoms with Gasteiger partial charge in [0.05, 0.1) is 6.54 Å². The van der Waals surface area contributed by atoms with Crippen LogP contribution in [0.5, 0.6) is 0 Å². The molecule has 0 N–H and O–H groups in total. The largest absolute Gasteiger partial charge is 0.444 e. The van der Waals surface area contributed by atoms with Crippen molar-refractivity contribution in [3.05, 3.63) is 0 Å². The molecule has 0 aromatic heterocycles. The zero-order chi connectivity index (χ0) is 16.5. The number of carbonyl (C=O) groups is 2. The molecule has 0 radical (unpaired) electrons. The third kappa shape index (κ3) is 4.66. The highest BCUT2D eigenvalue weighted by atomic mass is 35.5. The van der Waals surface area contributed by atoms with Crippen LogP contribution in [0.4, 0.5) is 22.8 Å². The van der Waals surface area contributed by atoms with Gasteiger partial charge in [0, 0.05) is 18.1 Å². The Labute approximate surface area is 125 Å². The summed E-state index contributed by atoms with van der Waals surface area (Å²) in [5.74, 6) is 0. The molecule has 1 aliphatic heterocycles. The Kier molecular flexibility index (Phi) is 5.02. The molecule has 1 aliphatic rings. The topological polar surface area (TPSA) is 55.8 Å². The maximum atomic E-state index is 13.2. The van der Waals surface area contributed by atoms with E-state index >= 15 is 0 Å². The van der Waals surface area contributed by atoms with E-state index in [0.717, 1.165) is 4.90 Å². The van der Waals surface area contributed by atoms with Crippen LogP contribution in [0.2, 0.25) is 0 Å². The van der Waals surface area contributed by atoms with Gasteiger partial charge in [0.1, 0.15) is 5.60 Å². The zero-order valence-electron chi connectivity index (χ0n) is 11.9. The first-order valence-electron chi connectivity index (χ1n) is 6.29. The highest BCUT2D eigenvalue weighted by Gasteiger charge is 2.60. The van der Waals surface area contributed by atoms with Crippen molar-refractivity contribution in [1.29, 1.82) is 0 Å². The molecule has 0 aromatic rings. The minimum absolute atomic E-state index is 0.0168. The van der Waals surface area contributed by atoms with Gasteiger partial charge < -0.3 is 14.4 Å². The van der Waals surface area contributed by atoms with E-state index in [2.05, 4.69) is 4.74 Å². The molecule has 1 fully saturated rings. The fourth-order valence-corrected chi connectivity index (χ4v) is 2.18. The Morgan fingerprint density at radius 1 is 1.24 bits per heavy atom. The summed E-state index contributed by atoms with van der Waals surface area (Å²) in [6, 6.07) is 0. The van der Waals surface area contributed by atoms with Crippen molar-refractivity contribution in [3.8, 4) is 0 Å². The van der Waals surface area contributed by atoms with Gasteiger partial charge in [-0.3, -0.25) is 0 Å². The van der Waals surface area contributed by atoms with Gasteiger partial charge in [-0.1, -0.05) is 0 Å². The molecule has 1 unspecified atom stereocenters. The van der Waals surface area contributed by atoms with Crippen LogP contribution >= 0.6 is 11.6 Å². The van der Waals surface area contributed by atoms with Crippen LogP contribution in [0.15, 0.2) is 0 Å². The lowest BCUT2D eigenvalue weighted by Gasteiger charge is -2.42. The fourth-order valence-electron chi connectivity index (χ4n) is 2.03. The van der Waals surface area contributed by atoms with Crippen molar-refractivity contribution >= 4 is 23.1 Å². The van der Waals surface area contributed by atoms with Gasteiger partial charge in [-0.2, -0.15) is 13.2 Å². The van der Waals surface area contributed by atoms with E-state index < -0.39 is 41.9 Å². The molecule has 5 nitrogen and oxygen atoms in total.